The van der Waals surface area contributed by atoms with E-state index in [1.165, 1.54) is 40.4 Å². The van der Waals surface area contributed by atoms with Gasteiger partial charge >= 0.3 is 0 Å². The van der Waals surface area contributed by atoms with E-state index in [0.717, 1.165) is 16.7 Å². The lowest BCUT2D eigenvalue weighted by atomic mass is 10.1. The van der Waals surface area contributed by atoms with Gasteiger partial charge in [-0.1, -0.05) is 42.5 Å². The summed E-state index contributed by atoms with van der Waals surface area (Å²) in [6, 6.07) is 23.0. The molecule has 0 saturated carbocycles. The Bertz CT molecular complexity index is 1340. The Morgan fingerprint density at radius 1 is 0.906 bits per heavy atom. The Hall–Kier alpha value is -3.71. The molecule has 0 radical (unpaired) electrons. The molecule has 1 N–H and O–H groups in total. The molecule has 0 aliphatic heterocycles. The number of aryl methyl sites for hydroxylation is 1. The summed E-state index contributed by atoms with van der Waals surface area (Å²) in [4.78, 5) is 12.5. The molecule has 0 unspecified atom stereocenters. The Morgan fingerprint density at radius 3 is 2.22 bits per heavy atom. The number of hydrogen-bond donors (Lipinski definition) is 1. The number of nitrogens with zero attached hydrogens (tertiary/aromatic N) is 1. The quantitative estimate of drug-likeness (QED) is 0.462. The average Bonchev–Trinajstić information content (AvgIpc) is 3.21. The molecule has 0 aliphatic carbocycles. The van der Waals surface area contributed by atoms with Crippen molar-refractivity contribution in [3.63, 3.8) is 0 Å². The normalized spacial score (nSPS) is 11.3. The summed E-state index contributed by atoms with van der Waals surface area (Å²) in [5.41, 5.74) is 3.42. The van der Waals surface area contributed by atoms with Crippen molar-refractivity contribution in [1.82, 2.24) is 9.29 Å². The molecule has 4 rings (SSSR count). The summed E-state index contributed by atoms with van der Waals surface area (Å²) in [6.45, 7) is 1.98. The molecule has 1 aromatic heterocycles. The van der Waals surface area contributed by atoms with Gasteiger partial charge in [-0.15, -0.1) is 0 Å². The van der Waals surface area contributed by atoms with Crippen LogP contribution in [0.15, 0.2) is 96.0 Å². The lowest BCUT2D eigenvalue weighted by Crippen LogP contribution is -2.23. The highest BCUT2D eigenvalue weighted by molar-refractivity contribution is 7.90. The number of hydrogen-bond acceptors (Lipinski definition) is 3. The molecule has 32 heavy (non-hydrogen) atoms. The Kier molecular flexibility index (Phi) is 5.92. The molecule has 0 aliphatic rings. The summed E-state index contributed by atoms with van der Waals surface area (Å²) >= 11 is 0. The van der Waals surface area contributed by atoms with Crippen molar-refractivity contribution >= 4 is 15.9 Å². The fourth-order valence-corrected chi connectivity index (χ4v) is 4.77. The second-order valence-corrected chi connectivity index (χ2v) is 9.19. The molecule has 0 saturated heterocycles. The first-order valence-electron chi connectivity index (χ1n) is 9.97. The molecule has 5 nitrogen and oxygen atoms in total. The highest BCUT2D eigenvalue weighted by Gasteiger charge is 2.20. The number of carbonyl (C=O) groups excluding carboxylic acids is 1. The van der Waals surface area contributed by atoms with E-state index in [1.807, 2.05) is 36.4 Å². The van der Waals surface area contributed by atoms with E-state index in [2.05, 4.69) is 5.32 Å². The predicted octanol–water partition coefficient (Wildman–Crippen LogP) is 4.77. The van der Waals surface area contributed by atoms with Crippen LogP contribution in [0.4, 0.5) is 4.39 Å². The van der Waals surface area contributed by atoms with Gasteiger partial charge in [-0.25, -0.2) is 16.8 Å². The molecule has 7 heteroatoms. The van der Waals surface area contributed by atoms with Crippen LogP contribution in [0.5, 0.6) is 0 Å². The SMILES string of the molecule is Cc1cc(-c2ccccc2)cn1S(=O)(=O)c1ccc(C(=O)NCc2ccc(F)cc2)cc1. The number of nitrogens with one attached hydrogen (secondary N) is 1. The lowest BCUT2D eigenvalue weighted by molar-refractivity contribution is 0.0951. The maximum absolute atomic E-state index is 13.2. The third-order valence-corrected chi connectivity index (χ3v) is 6.89. The molecule has 0 atom stereocenters. The molecule has 3 aromatic carbocycles. The van der Waals surface area contributed by atoms with Gasteiger partial charge < -0.3 is 5.32 Å². The number of rotatable bonds is 6. The van der Waals surface area contributed by atoms with Crippen LogP contribution in [0.3, 0.4) is 0 Å². The second kappa shape index (κ2) is 8.80. The molecule has 1 amide bonds. The first kappa shape index (κ1) is 21.5. The van der Waals surface area contributed by atoms with Crippen molar-refractivity contribution in [2.45, 2.75) is 18.4 Å². The number of aromatic nitrogens is 1. The maximum atomic E-state index is 13.2. The van der Waals surface area contributed by atoms with Gasteiger partial charge in [0.25, 0.3) is 15.9 Å². The summed E-state index contributed by atoms with van der Waals surface area (Å²) in [5.74, 6) is -0.688. The highest BCUT2D eigenvalue weighted by atomic mass is 32.2. The Labute approximate surface area is 186 Å². The standard InChI is InChI=1S/C25H21FN2O3S/c1-18-15-22(20-5-3-2-4-6-20)17-28(18)32(30,31)24-13-9-21(10-14-24)25(29)27-16-19-7-11-23(26)12-8-19/h2-15,17H,16H2,1H3,(H,27,29). The van der Waals surface area contributed by atoms with Gasteiger partial charge in [0.2, 0.25) is 0 Å². The minimum absolute atomic E-state index is 0.0888. The van der Waals surface area contributed by atoms with Crippen molar-refractivity contribution in [1.29, 1.82) is 0 Å². The van der Waals surface area contributed by atoms with Gasteiger partial charge in [0, 0.05) is 29.6 Å². The van der Waals surface area contributed by atoms with Gasteiger partial charge in [-0.2, -0.15) is 0 Å². The van der Waals surface area contributed by atoms with Crippen molar-refractivity contribution in [2.24, 2.45) is 0 Å². The molecule has 1 heterocycles. The van der Waals surface area contributed by atoms with E-state index in [4.69, 9.17) is 0 Å². The first-order chi connectivity index (χ1) is 15.3. The molecule has 162 valence electrons. The Morgan fingerprint density at radius 2 is 1.56 bits per heavy atom. The summed E-state index contributed by atoms with van der Waals surface area (Å²) < 4.78 is 40.5. The summed E-state index contributed by atoms with van der Waals surface area (Å²) in [6.07, 6.45) is 1.60. The maximum Gasteiger partial charge on any atom is 0.267 e. The lowest BCUT2D eigenvalue weighted by Gasteiger charge is -2.09. The monoisotopic (exact) mass is 448 g/mol. The zero-order chi connectivity index (χ0) is 22.7. The van der Waals surface area contributed by atoms with Crippen LogP contribution in [0.1, 0.15) is 21.6 Å². The van der Waals surface area contributed by atoms with Crippen molar-refractivity contribution in [2.75, 3.05) is 0 Å². The van der Waals surface area contributed by atoms with Gasteiger partial charge in [-0.05, 0) is 60.5 Å². The first-order valence-corrected chi connectivity index (χ1v) is 11.4. The van der Waals surface area contributed by atoms with Gasteiger partial charge in [0.05, 0.1) is 4.90 Å². The number of benzene rings is 3. The molecule has 0 spiro atoms. The molecule has 0 fully saturated rings. The smallest absolute Gasteiger partial charge is 0.267 e. The largest absolute Gasteiger partial charge is 0.348 e. The molecule has 4 aromatic rings. The van der Waals surface area contributed by atoms with Crippen LogP contribution in [-0.2, 0) is 16.6 Å². The van der Waals surface area contributed by atoms with E-state index in [0.29, 0.717) is 11.3 Å². The van der Waals surface area contributed by atoms with Gasteiger partial charge in [-0.3, -0.25) is 4.79 Å². The van der Waals surface area contributed by atoms with E-state index >= 15 is 0 Å². The molecular weight excluding hydrogens is 427 g/mol. The van der Waals surface area contributed by atoms with E-state index in [1.54, 1.807) is 25.3 Å². The topological polar surface area (TPSA) is 68.2 Å². The number of carbonyl (C=O) groups is 1. The van der Waals surface area contributed by atoms with Gasteiger partial charge in [0.1, 0.15) is 5.82 Å². The van der Waals surface area contributed by atoms with Crippen molar-refractivity contribution in [3.8, 4) is 11.1 Å². The zero-order valence-corrected chi connectivity index (χ0v) is 18.1. The van der Waals surface area contributed by atoms with Gasteiger partial charge in [0.15, 0.2) is 0 Å². The van der Waals surface area contributed by atoms with Crippen molar-refractivity contribution < 1.29 is 17.6 Å². The number of halogens is 1. The fraction of sp³-hybridized carbons (Fsp3) is 0.0800. The minimum Gasteiger partial charge on any atom is -0.348 e. The van der Waals surface area contributed by atoms with Crippen LogP contribution >= 0.6 is 0 Å². The molecular formula is C25H21FN2O3S. The van der Waals surface area contributed by atoms with E-state index in [9.17, 15) is 17.6 Å². The van der Waals surface area contributed by atoms with Crippen LogP contribution in [-0.4, -0.2) is 18.3 Å². The molecule has 0 bridgehead atoms. The Balaban J connectivity index is 1.51. The second-order valence-electron chi connectivity index (χ2n) is 7.37. The third kappa shape index (κ3) is 4.48. The van der Waals surface area contributed by atoms with Crippen LogP contribution in [0, 0.1) is 12.7 Å². The fourth-order valence-electron chi connectivity index (χ4n) is 3.38. The zero-order valence-electron chi connectivity index (χ0n) is 17.3. The summed E-state index contributed by atoms with van der Waals surface area (Å²) in [7, 11) is -3.81. The average molecular weight is 449 g/mol. The predicted molar refractivity (Wildman–Crippen MR) is 121 cm³/mol. The van der Waals surface area contributed by atoms with Crippen LogP contribution < -0.4 is 5.32 Å². The van der Waals surface area contributed by atoms with E-state index < -0.39 is 10.0 Å². The summed E-state index contributed by atoms with van der Waals surface area (Å²) in [5, 5.41) is 2.74. The minimum atomic E-state index is -3.81. The third-order valence-electron chi connectivity index (χ3n) is 5.12. The van der Waals surface area contributed by atoms with Crippen LogP contribution in [0.25, 0.3) is 11.1 Å². The van der Waals surface area contributed by atoms with Crippen molar-refractivity contribution in [3.05, 3.63) is 114 Å². The van der Waals surface area contributed by atoms with E-state index in [-0.39, 0.29) is 23.2 Å². The van der Waals surface area contributed by atoms with Crippen LogP contribution in [0.2, 0.25) is 0 Å². The number of amides is 1. The highest BCUT2D eigenvalue weighted by Crippen LogP contribution is 2.25.